The maximum atomic E-state index is 12.3. The van der Waals surface area contributed by atoms with Crippen LogP contribution < -0.4 is 5.32 Å². The van der Waals surface area contributed by atoms with Crippen LogP contribution in [0.2, 0.25) is 0 Å². The van der Waals surface area contributed by atoms with Gasteiger partial charge in [0.2, 0.25) is 11.8 Å². The van der Waals surface area contributed by atoms with E-state index in [1.165, 1.54) is 7.11 Å². The van der Waals surface area contributed by atoms with E-state index in [9.17, 15) is 9.59 Å². The molecule has 3 heterocycles. The van der Waals surface area contributed by atoms with Crippen molar-refractivity contribution in [2.75, 3.05) is 20.3 Å². The molecule has 0 aliphatic carbocycles. The van der Waals surface area contributed by atoms with Crippen molar-refractivity contribution in [2.45, 2.75) is 25.6 Å². The van der Waals surface area contributed by atoms with Crippen LogP contribution in [-0.2, 0) is 27.4 Å². The topological polar surface area (TPSA) is 76.5 Å². The monoisotopic (exact) mass is 348 g/mol. The zero-order chi connectivity index (χ0) is 16.9. The van der Waals surface area contributed by atoms with Gasteiger partial charge in [-0.3, -0.25) is 14.3 Å². The Morgan fingerprint density at radius 2 is 2.33 bits per heavy atom. The van der Waals surface area contributed by atoms with Gasteiger partial charge in [-0.05, 0) is 17.5 Å². The average Bonchev–Trinajstić information content (AvgIpc) is 3.24. The molecule has 2 amide bonds. The number of fused-ring (bicyclic) bond motifs is 1. The van der Waals surface area contributed by atoms with Gasteiger partial charge in [0.25, 0.3) is 0 Å². The fraction of sp³-hybridized carbons (Fsp3) is 0.438. The lowest BCUT2D eigenvalue weighted by molar-refractivity contribution is -0.138. The van der Waals surface area contributed by atoms with Crippen LogP contribution in [0.15, 0.2) is 29.8 Å². The summed E-state index contributed by atoms with van der Waals surface area (Å²) in [5.74, 6) is -0.121. The molecule has 0 bridgehead atoms. The molecule has 24 heavy (non-hydrogen) atoms. The quantitative estimate of drug-likeness (QED) is 0.850. The van der Waals surface area contributed by atoms with Crippen LogP contribution in [0.3, 0.4) is 0 Å². The zero-order valence-electron chi connectivity index (χ0n) is 13.5. The Bertz CT molecular complexity index is 698. The lowest BCUT2D eigenvalue weighted by atomic mass is 10.1. The third-order valence-electron chi connectivity index (χ3n) is 3.96. The molecule has 0 fully saturated rings. The summed E-state index contributed by atoms with van der Waals surface area (Å²) in [6.07, 6.45) is 1.99. The van der Waals surface area contributed by atoms with Crippen LogP contribution in [-0.4, -0.2) is 46.8 Å². The predicted octanol–water partition coefficient (Wildman–Crippen LogP) is 1.18. The van der Waals surface area contributed by atoms with Crippen molar-refractivity contribution in [3.8, 4) is 0 Å². The number of amides is 2. The average molecular weight is 348 g/mol. The number of hydrogen-bond acceptors (Lipinski definition) is 5. The summed E-state index contributed by atoms with van der Waals surface area (Å²) in [7, 11) is 1.50. The van der Waals surface area contributed by atoms with Gasteiger partial charge in [-0.25, -0.2) is 0 Å². The molecule has 1 aliphatic rings. The van der Waals surface area contributed by atoms with Crippen molar-refractivity contribution in [2.24, 2.45) is 0 Å². The van der Waals surface area contributed by atoms with Gasteiger partial charge < -0.3 is 15.0 Å². The first-order valence-electron chi connectivity index (χ1n) is 7.75. The van der Waals surface area contributed by atoms with E-state index < -0.39 is 0 Å². The summed E-state index contributed by atoms with van der Waals surface area (Å²) in [5, 5.41) is 9.22. The molecule has 0 aromatic carbocycles. The number of ether oxygens (including phenoxy) is 1. The highest BCUT2D eigenvalue weighted by Gasteiger charge is 2.29. The van der Waals surface area contributed by atoms with Crippen LogP contribution in [0.5, 0.6) is 0 Å². The number of carbonyl (C=O) groups is 2. The highest BCUT2D eigenvalue weighted by Crippen LogP contribution is 2.23. The molecule has 0 saturated carbocycles. The molecule has 0 spiro atoms. The molecule has 1 aliphatic heterocycles. The molecule has 0 saturated heterocycles. The Hall–Kier alpha value is -2.19. The number of thiophene rings is 1. The Kier molecular flexibility index (Phi) is 5.27. The largest absolute Gasteiger partial charge is 0.375 e. The van der Waals surface area contributed by atoms with E-state index in [-0.39, 0.29) is 30.9 Å². The molecular formula is C16H20N4O3S. The first kappa shape index (κ1) is 16.7. The summed E-state index contributed by atoms with van der Waals surface area (Å²) in [4.78, 5) is 27.2. The van der Waals surface area contributed by atoms with Crippen LogP contribution in [0.1, 0.15) is 23.0 Å². The van der Waals surface area contributed by atoms with Crippen LogP contribution >= 0.6 is 11.3 Å². The van der Waals surface area contributed by atoms with Gasteiger partial charge in [-0.1, -0.05) is 6.07 Å². The van der Waals surface area contributed by atoms with E-state index in [4.69, 9.17) is 4.74 Å². The van der Waals surface area contributed by atoms with Crippen molar-refractivity contribution in [1.82, 2.24) is 20.0 Å². The summed E-state index contributed by atoms with van der Waals surface area (Å²) in [5.41, 5.74) is 0.932. The van der Waals surface area contributed by atoms with E-state index in [1.54, 1.807) is 22.4 Å². The van der Waals surface area contributed by atoms with Crippen molar-refractivity contribution in [1.29, 1.82) is 0 Å². The van der Waals surface area contributed by atoms with Gasteiger partial charge in [0.15, 0.2) is 0 Å². The minimum Gasteiger partial charge on any atom is -0.375 e. The SMILES string of the molecule is COCC(=O)N1Cc2ccnn2C(CC(=O)NCc2cccs2)C1. The van der Waals surface area contributed by atoms with Crippen LogP contribution in [0.25, 0.3) is 0 Å². The number of methoxy groups -OCH3 is 1. The van der Waals surface area contributed by atoms with E-state index >= 15 is 0 Å². The maximum Gasteiger partial charge on any atom is 0.248 e. The smallest absolute Gasteiger partial charge is 0.248 e. The minimum atomic E-state index is -0.159. The number of hydrogen-bond donors (Lipinski definition) is 1. The molecule has 1 unspecified atom stereocenters. The zero-order valence-corrected chi connectivity index (χ0v) is 14.3. The number of carbonyl (C=O) groups excluding carboxylic acids is 2. The third kappa shape index (κ3) is 3.82. The minimum absolute atomic E-state index is 0.0455. The van der Waals surface area contributed by atoms with Crippen molar-refractivity contribution < 1.29 is 14.3 Å². The molecule has 1 N–H and O–H groups in total. The molecule has 2 aromatic rings. The Labute approximate surface area is 144 Å². The third-order valence-corrected chi connectivity index (χ3v) is 4.84. The molecule has 2 aromatic heterocycles. The second-order valence-electron chi connectivity index (χ2n) is 5.69. The summed E-state index contributed by atoms with van der Waals surface area (Å²) in [6.45, 7) is 1.53. The number of nitrogens with zero attached hydrogens (tertiary/aromatic N) is 3. The van der Waals surface area contributed by atoms with Gasteiger partial charge >= 0.3 is 0 Å². The highest BCUT2D eigenvalue weighted by molar-refractivity contribution is 7.09. The molecular weight excluding hydrogens is 328 g/mol. The Morgan fingerprint density at radius 3 is 3.08 bits per heavy atom. The highest BCUT2D eigenvalue weighted by atomic mass is 32.1. The Morgan fingerprint density at radius 1 is 1.46 bits per heavy atom. The lowest BCUT2D eigenvalue weighted by Gasteiger charge is -2.33. The normalized spacial score (nSPS) is 16.7. The summed E-state index contributed by atoms with van der Waals surface area (Å²) < 4.78 is 6.78. The predicted molar refractivity (Wildman–Crippen MR) is 89.3 cm³/mol. The number of nitrogens with one attached hydrogen (secondary N) is 1. The van der Waals surface area contributed by atoms with E-state index in [2.05, 4.69) is 10.4 Å². The van der Waals surface area contributed by atoms with Gasteiger partial charge in [0, 0.05) is 24.7 Å². The fourth-order valence-electron chi connectivity index (χ4n) is 2.83. The molecule has 1 atom stereocenters. The standard InChI is InChI=1S/C16H20N4O3S/c1-23-11-16(22)19-9-12-4-5-18-20(12)13(10-19)7-15(21)17-8-14-3-2-6-24-14/h2-6,13H,7-11H2,1H3,(H,17,21). The second-order valence-corrected chi connectivity index (χ2v) is 6.72. The van der Waals surface area contributed by atoms with Gasteiger partial charge in [0.1, 0.15) is 6.61 Å². The maximum absolute atomic E-state index is 12.3. The second kappa shape index (κ2) is 7.59. The van der Waals surface area contributed by atoms with Crippen molar-refractivity contribution in [3.05, 3.63) is 40.3 Å². The van der Waals surface area contributed by atoms with Crippen LogP contribution in [0.4, 0.5) is 0 Å². The number of aromatic nitrogens is 2. The van der Waals surface area contributed by atoms with Crippen molar-refractivity contribution in [3.63, 3.8) is 0 Å². The molecule has 8 heteroatoms. The van der Waals surface area contributed by atoms with Crippen molar-refractivity contribution >= 4 is 23.2 Å². The van der Waals surface area contributed by atoms with Gasteiger partial charge in [0.05, 0.1) is 31.2 Å². The first-order chi connectivity index (χ1) is 11.7. The van der Waals surface area contributed by atoms with E-state index in [0.717, 1.165) is 10.6 Å². The summed E-state index contributed by atoms with van der Waals surface area (Å²) in [6, 6.07) is 5.67. The van der Waals surface area contributed by atoms with E-state index in [0.29, 0.717) is 19.6 Å². The van der Waals surface area contributed by atoms with Crippen LogP contribution in [0, 0.1) is 0 Å². The first-order valence-corrected chi connectivity index (χ1v) is 8.63. The summed E-state index contributed by atoms with van der Waals surface area (Å²) >= 11 is 1.61. The van der Waals surface area contributed by atoms with E-state index in [1.807, 2.05) is 28.3 Å². The Balaban J connectivity index is 1.63. The number of rotatable bonds is 6. The molecule has 0 radical (unpaired) electrons. The van der Waals surface area contributed by atoms with Gasteiger partial charge in [-0.2, -0.15) is 5.10 Å². The molecule has 7 nitrogen and oxygen atoms in total. The fourth-order valence-corrected chi connectivity index (χ4v) is 3.47. The lowest BCUT2D eigenvalue weighted by Crippen LogP contribution is -2.44. The molecule has 3 rings (SSSR count). The van der Waals surface area contributed by atoms with Gasteiger partial charge in [-0.15, -0.1) is 11.3 Å². The molecule has 128 valence electrons.